The molecule has 0 bridgehead atoms. The van der Waals surface area contributed by atoms with Gasteiger partial charge in [-0.15, -0.1) is 0 Å². The Morgan fingerprint density at radius 1 is 0.613 bits per heavy atom. The second kappa shape index (κ2) is 5.21. The minimum Gasteiger partial charge on any atom is -0.452 e. The van der Waals surface area contributed by atoms with Gasteiger partial charge in [0.15, 0.2) is 16.8 Å². The molecule has 0 saturated carbocycles. The number of rotatable bonds is 0. The van der Waals surface area contributed by atoms with Crippen LogP contribution in [0.1, 0.15) is 0 Å². The van der Waals surface area contributed by atoms with E-state index in [9.17, 15) is 0 Å². The van der Waals surface area contributed by atoms with E-state index in [1.165, 1.54) is 0 Å². The normalized spacial score (nSPS) is 12.5. The number of imidazole rings is 1. The van der Waals surface area contributed by atoms with Crippen LogP contribution in [0.5, 0.6) is 0 Å². The largest absolute Gasteiger partial charge is 0.452 e. The molecule has 31 heavy (non-hydrogen) atoms. The summed E-state index contributed by atoms with van der Waals surface area (Å²) in [4.78, 5) is 9.20. The highest BCUT2D eigenvalue weighted by atomic mass is 16.4. The van der Waals surface area contributed by atoms with E-state index in [1.807, 2.05) is 48.9 Å². The van der Waals surface area contributed by atoms with Gasteiger partial charge in [0.05, 0.1) is 10.9 Å². The van der Waals surface area contributed by atoms with E-state index < -0.39 is 0 Å². The number of para-hydroxylation sites is 1. The molecule has 0 radical (unpaired) electrons. The molecule has 0 saturated heterocycles. The Kier molecular flexibility index (Phi) is 2.60. The van der Waals surface area contributed by atoms with Gasteiger partial charge >= 0.3 is 0 Å². The lowest BCUT2D eigenvalue weighted by atomic mass is 10.0. The van der Waals surface area contributed by atoms with Crippen LogP contribution in [0.4, 0.5) is 0 Å². The number of pyridine rings is 2. The van der Waals surface area contributed by atoms with Gasteiger partial charge in [0, 0.05) is 45.5 Å². The summed E-state index contributed by atoms with van der Waals surface area (Å²) in [6, 6.07) is 20.6. The van der Waals surface area contributed by atoms with E-state index in [4.69, 9.17) is 8.83 Å². The van der Waals surface area contributed by atoms with Gasteiger partial charge in [-0.05, 0) is 36.4 Å². The van der Waals surface area contributed by atoms with Crippen LogP contribution < -0.4 is 0 Å². The maximum absolute atomic E-state index is 6.40. The first-order chi connectivity index (χ1) is 15.4. The van der Waals surface area contributed by atoms with Gasteiger partial charge in [-0.25, -0.2) is 4.98 Å². The Hall–Kier alpha value is -4.38. The fourth-order valence-corrected chi connectivity index (χ4v) is 5.02. The maximum Gasteiger partial charge on any atom is 0.178 e. The average Bonchev–Trinajstić information content (AvgIpc) is 3.53. The van der Waals surface area contributed by atoms with E-state index in [2.05, 4.69) is 44.7 Å². The van der Waals surface area contributed by atoms with Crippen molar-refractivity contribution in [2.75, 3.05) is 0 Å². The van der Waals surface area contributed by atoms with Gasteiger partial charge in [-0.2, -0.15) is 0 Å². The van der Waals surface area contributed by atoms with E-state index in [1.54, 1.807) is 0 Å². The molecule has 0 unspecified atom stereocenters. The first kappa shape index (κ1) is 15.5. The molecule has 0 fully saturated rings. The fraction of sp³-hybridized carbons (Fsp3) is 0. The van der Waals surface area contributed by atoms with Gasteiger partial charge in [0.1, 0.15) is 16.7 Å². The molecule has 5 heterocycles. The van der Waals surface area contributed by atoms with Crippen LogP contribution in [-0.2, 0) is 0 Å². The minimum atomic E-state index is 0.774. The fourth-order valence-electron chi connectivity index (χ4n) is 5.02. The second-order valence-electron chi connectivity index (χ2n) is 7.87. The number of furan rings is 2. The lowest BCUT2D eigenvalue weighted by Gasteiger charge is -2.08. The molecular formula is C26H13N3O2. The molecule has 144 valence electrons. The van der Waals surface area contributed by atoms with Crippen molar-refractivity contribution in [3.63, 3.8) is 0 Å². The van der Waals surface area contributed by atoms with Crippen molar-refractivity contribution >= 4 is 71.3 Å². The Morgan fingerprint density at radius 2 is 1.42 bits per heavy atom. The Labute approximate surface area is 174 Å². The van der Waals surface area contributed by atoms with Gasteiger partial charge < -0.3 is 8.83 Å². The van der Waals surface area contributed by atoms with Crippen LogP contribution in [0.15, 0.2) is 88.1 Å². The predicted molar refractivity (Wildman–Crippen MR) is 123 cm³/mol. The minimum absolute atomic E-state index is 0.774. The molecule has 0 amide bonds. The second-order valence-corrected chi connectivity index (χ2v) is 7.87. The molecule has 5 heteroatoms. The van der Waals surface area contributed by atoms with Crippen molar-refractivity contribution in [2.24, 2.45) is 0 Å². The molecule has 0 aliphatic rings. The van der Waals surface area contributed by atoms with Crippen LogP contribution in [0.2, 0.25) is 0 Å². The van der Waals surface area contributed by atoms with Crippen LogP contribution in [0.25, 0.3) is 71.3 Å². The van der Waals surface area contributed by atoms with Crippen LogP contribution in [0, 0.1) is 0 Å². The van der Waals surface area contributed by atoms with Crippen LogP contribution in [-0.4, -0.2) is 14.4 Å². The number of hydrogen-bond acceptors (Lipinski definition) is 4. The summed E-state index contributed by atoms with van der Waals surface area (Å²) in [5, 5.41) is 6.45. The Balaban J connectivity index is 1.67. The third kappa shape index (κ3) is 1.78. The first-order valence-corrected chi connectivity index (χ1v) is 10.2. The summed E-state index contributed by atoms with van der Waals surface area (Å²) in [5.41, 5.74) is 6.06. The van der Waals surface area contributed by atoms with Crippen molar-refractivity contribution in [1.82, 2.24) is 14.4 Å². The molecule has 5 nitrogen and oxygen atoms in total. The van der Waals surface area contributed by atoms with Gasteiger partial charge in [-0.3, -0.25) is 9.38 Å². The highest BCUT2D eigenvalue weighted by Crippen LogP contribution is 2.42. The summed E-state index contributed by atoms with van der Waals surface area (Å²) >= 11 is 0. The van der Waals surface area contributed by atoms with Crippen LogP contribution >= 0.6 is 0 Å². The van der Waals surface area contributed by atoms with Crippen molar-refractivity contribution < 1.29 is 8.83 Å². The summed E-state index contributed by atoms with van der Waals surface area (Å²) in [5.74, 6) is 0. The predicted octanol–water partition coefficient (Wildman–Crippen LogP) is 6.83. The molecule has 0 aliphatic carbocycles. The standard InChI is InChI=1S/C26H13N3O2/c1-2-6-19-14(4-1)17-7-8-18-21-20(31-25(18)24(17)30-19)10-9-16-15-5-3-11-27-22(15)26-28-12-13-29(26)23(16)21/h1-13H. The summed E-state index contributed by atoms with van der Waals surface area (Å²) in [7, 11) is 0. The van der Waals surface area contributed by atoms with E-state index in [-0.39, 0.29) is 0 Å². The molecular weight excluding hydrogens is 386 g/mol. The van der Waals surface area contributed by atoms with E-state index in [0.29, 0.717) is 0 Å². The number of nitrogens with zero attached hydrogens (tertiary/aromatic N) is 3. The lowest BCUT2D eigenvalue weighted by Crippen LogP contribution is -1.92. The third-order valence-corrected chi connectivity index (χ3v) is 6.31. The van der Waals surface area contributed by atoms with E-state index in [0.717, 1.165) is 71.3 Å². The molecule has 0 atom stereocenters. The van der Waals surface area contributed by atoms with Crippen molar-refractivity contribution in [1.29, 1.82) is 0 Å². The first-order valence-electron chi connectivity index (χ1n) is 10.2. The molecule has 5 aromatic heterocycles. The molecule has 8 rings (SSSR count). The number of hydrogen-bond donors (Lipinski definition) is 0. The molecule has 0 aliphatic heterocycles. The summed E-state index contributed by atoms with van der Waals surface area (Å²) in [6.07, 6.45) is 5.62. The van der Waals surface area contributed by atoms with Gasteiger partial charge in [-0.1, -0.05) is 24.3 Å². The van der Waals surface area contributed by atoms with Crippen molar-refractivity contribution in [3.05, 3.63) is 79.3 Å². The molecule has 0 N–H and O–H groups in total. The summed E-state index contributed by atoms with van der Waals surface area (Å²) in [6.45, 7) is 0. The van der Waals surface area contributed by atoms with Crippen molar-refractivity contribution in [3.8, 4) is 0 Å². The Morgan fingerprint density at radius 3 is 2.42 bits per heavy atom. The van der Waals surface area contributed by atoms with E-state index >= 15 is 0 Å². The zero-order valence-corrected chi connectivity index (χ0v) is 16.2. The Bertz CT molecular complexity index is 2010. The topological polar surface area (TPSA) is 56.5 Å². The monoisotopic (exact) mass is 399 g/mol. The average molecular weight is 399 g/mol. The lowest BCUT2D eigenvalue weighted by molar-refractivity contribution is 0.633. The smallest absolute Gasteiger partial charge is 0.178 e. The highest BCUT2D eigenvalue weighted by Gasteiger charge is 2.20. The molecule has 3 aromatic carbocycles. The number of fused-ring (bicyclic) bond motifs is 14. The van der Waals surface area contributed by atoms with Crippen LogP contribution in [0.3, 0.4) is 0 Å². The molecule has 8 aromatic rings. The van der Waals surface area contributed by atoms with Gasteiger partial charge in [0.25, 0.3) is 0 Å². The zero-order chi connectivity index (χ0) is 20.1. The van der Waals surface area contributed by atoms with Crippen molar-refractivity contribution in [2.45, 2.75) is 0 Å². The third-order valence-electron chi connectivity index (χ3n) is 6.31. The zero-order valence-electron chi connectivity index (χ0n) is 16.2. The quantitative estimate of drug-likeness (QED) is 0.262. The SMILES string of the molecule is c1ccc2c(c1)oc1c2ccc2c1oc1ccc3c4cccnc4c4nccn4c3c12. The van der Waals surface area contributed by atoms with Gasteiger partial charge in [0.2, 0.25) is 0 Å². The maximum atomic E-state index is 6.40. The summed E-state index contributed by atoms with van der Waals surface area (Å²) < 4.78 is 14.7. The molecule has 0 spiro atoms. The highest BCUT2D eigenvalue weighted by molar-refractivity contribution is 6.27. The number of aromatic nitrogens is 3. The number of benzene rings is 3.